The molecule has 0 atom stereocenters. The van der Waals surface area contributed by atoms with E-state index in [1.165, 1.54) is 0 Å². The first-order valence-corrected chi connectivity index (χ1v) is 16.3. The van der Waals surface area contributed by atoms with Crippen LogP contribution in [0.1, 0.15) is 5.56 Å². The van der Waals surface area contributed by atoms with Crippen LogP contribution in [0.5, 0.6) is 0 Å². The molecule has 2 aromatic heterocycles. The molecule has 0 aliphatic rings. The highest BCUT2D eigenvalue weighted by atomic mass is 15.0. The molecule has 0 aliphatic heterocycles. The van der Waals surface area contributed by atoms with Crippen molar-refractivity contribution in [3.63, 3.8) is 0 Å². The average molecular weight is 639 g/mol. The summed E-state index contributed by atoms with van der Waals surface area (Å²) in [5, 5.41) is 13.5. The van der Waals surface area contributed by atoms with Crippen molar-refractivity contribution in [3.05, 3.63) is 163 Å². The highest BCUT2D eigenvalue weighted by Crippen LogP contribution is 2.45. The first-order chi connectivity index (χ1) is 24.7. The van der Waals surface area contributed by atoms with Crippen LogP contribution in [-0.2, 0) is 0 Å². The summed E-state index contributed by atoms with van der Waals surface area (Å²) in [6.45, 7) is 0. The average Bonchev–Trinajstić information content (AvgIpc) is 3.20. The molecule has 2 heterocycles. The van der Waals surface area contributed by atoms with Crippen LogP contribution in [0.25, 0.3) is 89.3 Å². The number of benzene rings is 7. The second-order valence-electron chi connectivity index (χ2n) is 12.0. The molecule has 7 aromatic carbocycles. The molecule has 6 nitrogen and oxygen atoms in total. The second kappa shape index (κ2) is 12.2. The Morgan fingerprint density at radius 3 is 1.26 bits per heavy atom. The minimum absolute atomic E-state index is 0.589. The lowest BCUT2D eigenvalue weighted by molar-refractivity contribution is 1.08. The number of nitrogens with zero attached hydrogens (tertiary/aromatic N) is 6. The van der Waals surface area contributed by atoms with E-state index in [0.29, 0.717) is 23.0 Å². The Morgan fingerprint density at radius 1 is 0.340 bits per heavy atom. The summed E-state index contributed by atoms with van der Waals surface area (Å²) in [6, 6.07) is 54.5. The van der Waals surface area contributed by atoms with Crippen LogP contribution in [0.15, 0.2) is 158 Å². The van der Waals surface area contributed by atoms with Gasteiger partial charge in [-0.2, -0.15) is 5.26 Å². The monoisotopic (exact) mass is 638 g/mol. The van der Waals surface area contributed by atoms with Crippen molar-refractivity contribution in [2.24, 2.45) is 0 Å². The zero-order valence-corrected chi connectivity index (χ0v) is 26.7. The van der Waals surface area contributed by atoms with E-state index in [1.807, 2.05) is 109 Å². The largest absolute Gasteiger partial charge is 0.244 e. The number of nitriles is 1. The summed E-state index contributed by atoms with van der Waals surface area (Å²) in [4.78, 5) is 25.7. The van der Waals surface area contributed by atoms with E-state index >= 15 is 0 Å². The first kappa shape index (κ1) is 29.1. The van der Waals surface area contributed by atoms with Crippen LogP contribution in [-0.4, -0.2) is 24.9 Å². The minimum Gasteiger partial charge on any atom is -0.244 e. The molecule has 0 radical (unpaired) electrons. The van der Waals surface area contributed by atoms with Gasteiger partial charge in [-0.3, -0.25) is 0 Å². The van der Waals surface area contributed by atoms with Gasteiger partial charge in [-0.25, -0.2) is 24.9 Å². The van der Waals surface area contributed by atoms with Crippen molar-refractivity contribution in [2.75, 3.05) is 0 Å². The predicted molar refractivity (Wildman–Crippen MR) is 200 cm³/mol. The Hall–Kier alpha value is -7.10. The highest BCUT2D eigenvalue weighted by Gasteiger charge is 2.23. The Morgan fingerprint density at radius 2 is 0.760 bits per heavy atom. The van der Waals surface area contributed by atoms with Gasteiger partial charge in [0.25, 0.3) is 0 Å². The van der Waals surface area contributed by atoms with Crippen molar-refractivity contribution in [1.29, 1.82) is 5.26 Å². The van der Waals surface area contributed by atoms with Gasteiger partial charge < -0.3 is 0 Å². The molecule has 0 fully saturated rings. The maximum absolute atomic E-state index is 9.50. The Bertz CT molecular complexity index is 2640. The summed E-state index contributed by atoms with van der Waals surface area (Å²) in [7, 11) is 0. The molecule has 0 unspecified atom stereocenters. The number of rotatable bonds is 5. The number of fused-ring (bicyclic) bond motifs is 3. The Balaban J connectivity index is 1.38. The fourth-order valence-electron chi connectivity index (χ4n) is 6.62. The lowest BCUT2D eigenvalue weighted by Gasteiger charge is -2.19. The van der Waals surface area contributed by atoms with Crippen LogP contribution in [0.4, 0.5) is 0 Å². The summed E-state index contributed by atoms with van der Waals surface area (Å²) in [5.74, 6) is 1.80. The summed E-state index contributed by atoms with van der Waals surface area (Å²) >= 11 is 0. The van der Waals surface area contributed by atoms with E-state index in [9.17, 15) is 5.26 Å². The van der Waals surface area contributed by atoms with Crippen molar-refractivity contribution in [1.82, 2.24) is 24.9 Å². The van der Waals surface area contributed by atoms with Crippen LogP contribution in [0, 0.1) is 11.3 Å². The second-order valence-corrected chi connectivity index (χ2v) is 12.0. The number of para-hydroxylation sites is 2. The molecule has 0 bridgehead atoms. The van der Waals surface area contributed by atoms with Gasteiger partial charge in [0.2, 0.25) is 0 Å². The summed E-state index contributed by atoms with van der Waals surface area (Å²) < 4.78 is 0. The zero-order chi connectivity index (χ0) is 33.4. The normalized spacial score (nSPS) is 11.2. The van der Waals surface area contributed by atoms with Crippen LogP contribution < -0.4 is 0 Å². The molecule has 9 rings (SSSR count). The molecular weight excluding hydrogens is 613 g/mol. The van der Waals surface area contributed by atoms with Crippen molar-refractivity contribution < 1.29 is 0 Å². The standard InChI is InChI=1S/C44H26N6/c45-27-28-23-25-29(26-24-28)40-41(47-37-22-12-11-21-36(37)46-40)38-32-17-7-9-19-34(32)39(35-20-10-8-18-33(35)38)44-49-42(30-13-3-1-4-14-30)48-43(50-44)31-15-5-2-6-16-31/h1-26H. The van der Waals surface area contributed by atoms with E-state index in [0.717, 1.165) is 71.8 Å². The van der Waals surface area contributed by atoms with Gasteiger partial charge in [-0.1, -0.05) is 133 Å². The van der Waals surface area contributed by atoms with Gasteiger partial charge in [0, 0.05) is 27.8 Å². The Kier molecular flexibility index (Phi) is 7.07. The van der Waals surface area contributed by atoms with E-state index in [4.69, 9.17) is 24.9 Å². The summed E-state index contributed by atoms with van der Waals surface area (Å²) in [5.41, 5.74) is 8.30. The topological polar surface area (TPSA) is 88.2 Å². The molecule has 50 heavy (non-hydrogen) atoms. The molecule has 0 saturated carbocycles. The molecule has 0 aliphatic carbocycles. The van der Waals surface area contributed by atoms with E-state index in [2.05, 4.69) is 54.6 Å². The third-order valence-corrected chi connectivity index (χ3v) is 8.95. The van der Waals surface area contributed by atoms with Gasteiger partial charge in [0.1, 0.15) is 0 Å². The molecule has 0 spiro atoms. The van der Waals surface area contributed by atoms with Crippen molar-refractivity contribution in [3.8, 4) is 62.7 Å². The number of aromatic nitrogens is 5. The fourth-order valence-corrected chi connectivity index (χ4v) is 6.62. The van der Waals surface area contributed by atoms with E-state index < -0.39 is 0 Å². The molecule has 0 N–H and O–H groups in total. The van der Waals surface area contributed by atoms with Gasteiger partial charge in [-0.15, -0.1) is 0 Å². The quantitative estimate of drug-likeness (QED) is 0.174. The number of hydrogen-bond acceptors (Lipinski definition) is 6. The third kappa shape index (κ3) is 5.02. The summed E-state index contributed by atoms with van der Waals surface area (Å²) in [6.07, 6.45) is 0. The fraction of sp³-hybridized carbons (Fsp3) is 0. The van der Waals surface area contributed by atoms with E-state index in [-0.39, 0.29) is 0 Å². The lowest BCUT2D eigenvalue weighted by Crippen LogP contribution is -2.02. The maximum atomic E-state index is 9.50. The lowest BCUT2D eigenvalue weighted by atomic mass is 9.88. The van der Waals surface area contributed by atoms with Crippen LogP contribution >= 0.6 is 0 Å². The molecule has 0 saturated heterocycles. The maximum Gasteiger partial charge on any atom is 0.165 e. The molecular formula is C44H26N6. The van der Waals surface area contributed by atoms with Crippen molar-refractivity contribution >= 4 is 32.6 Å². The van der Waals surface area contributed by atoms with Crippen LogP contribution in [0.2, 0.25) is 0 Å². The SMILES string of the molecule is N#Cc1ccc(-c2nc3ccccc3nc2-c2c3ccccc3c(-c3nc(-c4ccccc4)nc(-c4ccccc4)n3)c3ccccc23)cc1. The predicted octanol–water partition coefficient (Wildman–Crippen LogP) is 10.3. The van der Waals surface area contributed by atoms with Gasteiger partial charge in [0.05, 0.1) is 34.1 Å². The minimum atomic E-state index is 0.589. The van der Waals surface area contributed by atoms with Gasteiger partial charge >= 0.3 is 0 Å². The first-order valence-electron chi connectivity index (χ1n) is 16.3. The van der Waals surface area contributed by atoms with Crippen molar-refractivity contribution in [2.45, 2.75) is 0 Å². The molecule has 0 amide bonds. The van der Waals surface area contributed by atoms with Gasteiger partial charge in [-0.05, 0) is 45.8 Å². The zero-order valence-electron chi connectivity index (χ0n) is 26.7. The third-order valence-electron chi connectivity index (χ3n) is 8.95. The van der Waals surface area contributed by atoms with Crippen LogP contribution in [0.3, 0.4) is 0 Å². The molecule has 9 aromatic rings. The molecule has 6 heteroatoms. The number of hydrogen-bond donors (Lipinski definition) is 0. The van der Waals surface area contributed by atoms with E-state index in [1.54, 1.807) is 0 Å². The highest BCUT2D eigenvalue weighted by molar-refractivity contribution is 6.21. The molecule has 232 valence electrons. The Labute approximate surface area is 288 Å². The van der Waals surface area contributed by atoms with Gasteiger partial charge in [0.15, 0.2) is 17.5 Å². The smallest absolute Gasteiger partial charge is 0.165 e.